The summed E-state index contributed by atoms with van der Waals surface area (Å²) >= 11 is 0. The Kier molecular flexibility index (Phi) is 5.43. The Balaban J connectivity index is 1.42. The van der Waals surface area contributed by atoms with Crippen molar-refractivity contribution in [3.63, 3.8) is 0 Å². The summed E-state index contributed by atoms with van der Waals surface area (Å²) in [5.74, 6) is 0.911. The number of amides is 1. The van der Waals surface area contributed by atoms with E-state index in [-0.39, 0.29) is 18.5 Å². The molecule has 0 unspecified atom stereocenters. The fourth-order valence-corrected chi connectivity index (χ4v) is 3.81. The van der Waals surface area contributed by atoms with E-state index in [1.807, 2.05) is 0 Å². The summed E-state index contributed by atoms with van der Waals surface area (Å²) in [7, 11) is 0. The average molecular weight is 305 g/mol. The van der Waals surface area contributed by atoms with Crippen LogP contribution in [0.3, 0.4) is 0 Å². The van der Waals surface area contributed by atoms with E-state index in [1.165, 1.54) is 57.9 Å². The molecule has 1 saturated heterocycles. The summed E-state index contributed by atoms with van der Waals surface area (Å²) in [6, 6.07) is 0.286. The van der Waals surface area contributed by atoms with E-state index >= 15 is 0 Å². The zero-order chi connectivity index (χ0) is 15.2. The number of carbonyl (C=O) groups excluding carboxylic acids is 1. The van der Waals surface area contributed by atoms with Crippen LogP contribution in [0, 0.1) is 5.92 Å². The molecule has 1 aliphatic carbocycles. The van der Waals surface area contributed by atoms with Gasteiger partial charge < -0.3 is 10.2 Å². The number of nitrogens with zero attached hydrogens (tertiary/aromatic N) is 4. The highest BCUT2D eigenvalue weighted by molar-refractivity contribution is 5.75. The van der Waals surface area contributed by atoms with Crippen LogP contribution in [-0.2, 0) is 11.3 Å². The summed E-state index contributed by atoms with van der Waals surface area (Å²) in [6.07, 6.45) is 12.3. The molecule has 0 radical (unpaired) electrons. The highest BCUT2D eigenvalue weighted by Crippen LogP contribution is 2.25. The molecule has 6 nitrogen and oxygen atoms in total. The summed E-state index contributed by atoms with van der Waals surface area (Å²) in [4.78, 5) is 18.5. The van der Waals surface area contributed by atoms with Gasteiger partial charge in [-0.15, -0.1) is 0 Å². The fourth-order valence-electron chi connectivity index (χ4n) is 3.81. The first-order chi connectivity index (χ1) is 10.8. The summed E-state index contributed by atoms with van der Waals surface area (Å²) in [5, 5.41) is 7.13. The molecule has 1 atom stereocenters. The van der Waals surface area contributed by atoms with Crippen LogP contribution in [-0.4, -0.2) is 51.2 Å². The minimum absolute atomic E-state index is 0.0371. The molecule has 2 fully saturated rings. The maximum absolute atomic E-state index is 12.1. The fraction of sp³-hybridized carbons (Fsp3) is 0.812. The third kappa shape index (κ3) is 4.53. The van der Waals surface area contributed by atoms with E-state index in [1.54, 1.807) is 11.0 Å². The summed E-state index contributed by atoms with van der Waals surface area (Å²) in [5.41, 5.74) is 0. The Morgan fingerprint density at radius 3 is 2.82 bits per heavy atom. The van der Waals surface area contributed by atoms with E-state index in [2.05, 4.69) is 20.3 Å². The molecule has 0 aromatic carbocycles. The number of hydrogen-bond donors (Lipinski definition) is 1. The van der Waals surface area contributed by atoms with Gasteiger partial charge in [0.15, 0.2) is 0 Å². The number of rotatable bonds is 5. The Hall–Kier alpha value is -1.43. The van der Waals surface area contributed by atoms with Crippen molar-refractivity contribution in [2.45, 2.75) is 57.5 Å². The van der Waals surface area contributed by atoms with Crippen molar-refractivity contribution < 1.29 is 4.79 Å². The monoisotopic (exact) mass is 305 g/mol. The van der Waals surface area contributed by atoms with Crippen LogP contribution in [0.4, 0.5) is 0 Å². The largest absolute Gasteiger partial charge is 0.350 e. The molecule has 2 heterocycles. The van der Waals surface area contributed by atoms with Crippen LogP contribution in [0.5, 0.6) is 0 Å². The van der Waals surface area contributed by atoms with Gasteiger partial charge in [0.2, 0.25) is 5.91 Å². The van der Waals surface area contributed by atoms with Gasteiger partial charge in [-0.25, -0.2) is 9.67 Å². The van der Waals surface area contributed by atoms with Crippen molar-refractivity contribution in [1.29, 1.82) is 0 Å². The third-order valence-electron chi connectivity index (χ3n) is 4.88. The van der Waals surface area contributed by atoms with Gasteiger partial charge in [-0.05, 0) is 38.1 Å². The van der Waals surface area contributed by atoms with Gasteiger partial charge >= 0.3 is 0 Å². The van der Waals surface area contributed by atoms with Crippen molar-refractivity contribution in [1.82, 2.24) is 25.0 Å². The quantitative estimate of drug-likeness (QED) is 0.894. The standard InChI is InChI=1S/C16H27N5O/c22-16(11-21-13-17-12-18-21)19-15-7-4-8-20(10-15)9-14-5-2-1-3-6-14/h12-15H,1-11H2,(H,19,22)/t15-/m0/s1. The van der Waals surface area contributed by atoms with E-state index in [0.717, 1.165) is 18.9 Å². The topological polar surface area (TPSA) is 63.1 Å². The lowest BCUT2D eigenvalue weighted by Gasteiger charge is -2.36. The van der Waals surface area contributed by atoms with Gasteiger partial charge in [-0.1, -0.05) is 19.3 Å². The summed E-state index contributed by atoms with van der Waals surface area (Å²) < 4.78 is 1.57. The maximum Gasteiger partial charge on any atom is 0.242 e. The number of hydrogen-bond acceptors (Lipinski definition) is 4. The van der Waals surface area contributed by atoms with Crippen molar-refractivity contribution in [3.8, 4) is 0 Å². The second-order valence-corrected chi connectivity index (χ2v) is 6.76. The number of aromatic nitrogens is 3. The van der Waals surface area contributed by atoms with Crippen LogP contribution in [0.15, 0.2) is 12.7 Å². The molecule has 1 aromatic heterocycles. The molecule has 1 aromatic rings. The molecular weight excluding hydrogens is 278 g/mol. The molecule has 1 aliphatic heterocycles. The van der Waals surface area contributed by atoms with Crippen LogP contribution < -0.4 is 5.32 Å². The second-order valence-electron chi connectivity index (χ2n) is 6.76. The number of carbonyl (C=O) groups is 1. The van der Waals surface area contributed by atoms with Crippen LogP contribution >= 0.6 is 0 Å². The molecule has 0 bridgehead atoms. The zero-order valence-corrected chi connectivity index (χ0v) is 13.3. The number of likely N-dealkylation sites (tertiary alicyclic amines) is 1. The molecule has 1 saturated carbocycles. The molecule has 1 amide bonds. The maximum atomic E-state index is 12.1. The molecule has 122 valence electrons. The normalized spacial score (nSPS) is 24.3. The van der Waals surface area contributed by atoms with Crippen molar-refractivity contribution in [2.24, 2.45) is 5.92 Å². The van der Waals surface area contributed by atoms with Crippen LogP contribution in [0.2, 0.25) is 0 Å². The van der Waals surface area contributed by atoms with Crippen molar-refractivity contribution in [2.75, 3.05) is 19.6 Å². The van der Waals surface area contributed by atoms with E-state index in [0.29, 0.717) is 0 Å². The lowest BCUT2D eigenvalue weighted by molar-refractivity contribution is -0.123. The first kappa shape index (κ1) is 15.5. The molecule has 22 heavy (non-hydrogen) atoms. The first-order valence-electron chi connectivity index (χ1n) is 8.64. The van der Waals surface area contributed by atoms with Crippen LogP contribution in [0.1, 0.15) is 44.9 Å². The van der Waals surface area contributed by atoms with Crippen molar-refractivity contribution in [3.05, 3.63) is 12.7 Å². The van der Waals surface area contributed by atoms with E-state index in [9.17, 15) is 4.79 Å². The Morgan fingerprint density at radius 1 is 1.18 bits per heavy atom. The minimum atomic E-state index is 0.0371. The van der Waals surface area contributed by atoms with Gasteiger partial charge in [-0.2, -0.15) is 5.10 Å². The first-order valence-corrected chi connectivity index (χ1v) is 8.64. The number of piperidine rings is 1. The predicted molar refractivity (Wildman–Crippen MR) is 84.2 cm³/mol. The molecule has 2 aliphatic rings. The molecule has 6 heteroatoms. The third-order valence-corrected chi connectivity index (χ3v) is 4.88. The smallest absolute Gasteiger partial charge is 0.242 e. The van der Waals surface area contributed by atoms with Gasteiger partial charge in [0.25, 0.3) is 0 Å². The minimum Gasteiger partial charge on any atom is -0.350 e. The average Bonchev–Trinajstić information content (AvgIpc) is 3.01. The number of nitrogens with one attached hydrogen (secondary N) is 1. The van der Waals surface area contributed by atoms with E-state index < -0.39 is 0 Å². The molecular formula is C16H27N5O. The molecule has 3 rings (SSSR count). The molecule has 1 N–H and O–H groups in total. The van der Waals surface area contributed by atoms with Gasteiger partial charge in [0.05, 0.1) is 0 Å². The zero-order valence-electron chi connectivity index (χ0n) is 13.3. The highest BCUT2D eigenvalue weighted by atomic mass is 16.2. The van der Waals surface area contributed by atoms with Gasteiger partial charge in [0, 0.05) is 19.1 Å². The van der Waals surface area contributed by atoms with Gasteiger partial charge in [0.1, 0.15) is 19.2 Å². The lowest BCUT2D eigenvalue weighted by atomic mass is 9.88. The molecule has 0 spiro atoms. The predicted octanol–water partition coefficient (Wildman–Crippen LogP) is 1.44. The SMILES string of the molecule is O=C(Cn1cncn1)N[C@H]1CCCN(CC2CCCCC2)C1. The van der Waals surface area contributed by atoms with Crippen molar-refractivity contribution >= 4 is 5.91 Å². The Labute approximate surface area is 132 Å². The van der Waals surface area contributed by atoms with Gasteiger partial charge in [-0.3, -0.25) is 4.79 Å². The van der Waals surface area contributed by atoms with Crippen LogP contribution in [0.25, 0.3) is 0 Å². The Bertz CT molecular complexity index is 455. The summed E-state index contributed by atoms with van der Waals surface area (Å²) in [6.45, 7) is 3.67. The second kappa shape index (κ2) is 7.72. The Morgan fingerprint density at radius 2 is 2.05 bits per heavy atom. The highest BCUT2D eigenvalue weighted by Gasteiger charge is 2.24. The lowest BCUT2D eigenvalue weighted by Crippen LogP contribution is -2.49. The van der Waals surface area contributed by atoms with E-state index in [4.69, 9.17) is 0 Å².